The number of halogens is 1. The van der Waals surface area contributed by atoms with Crippen molar-refractivity contribution >= 4 is 15.9 Å². The molecule has 0 bridgehead atoms. The molecule has 0 aromatic carbocycles. The Morgan fingerprint density at radius 3 is 2.93 bits per heavy atom. The van der Waals surface area contributed by atoms with Crippen LogP contribution in [0.2, 0.25) is 0 Å². The van der Waals surface area contributed by atoms with Gasteiger partial charge in [0, 0.05) is 12.7 Å². The molecule has 2 rings (SSSR count). The maximum atomic E-state index is 4.17. The molecule has 2 heterocycles. The van der Waals surface area contributed by atoms with Crippen molar-refractivity contribution < 1.29 is 0 Å². The molecule has 0 aliphatic heterocycles. The fourth-order valence-corrected chi connectivity index (χ4v) is 1.57. The van der Waals surface area contributed by atoms with Gasteiger partial charge in [-0.3, -0.25) is 4.68 Å². The van der Waals surface area contributed by atoms with Gasteiger partial charge in [0.2, 0.25) is 0 Å². The SMILES string of the molecule is CCn1ncnc1Cn1cc(Br)cn1. The Balaban J connectivity index is 2.18. The quantitative estimate of drug-likeness (QED) is 0.831. The summed E-state index contributed by atoms with van der Waals surface area (Å²) < 4.78 is 4.65. The van der Waals surface area contributed by atoms with Crippen LogP contribution in [0.15, 0.2) is 23.2 Å². The molecule has 5 nitrogen and oxygen atoms in total. The third-order valence-electron chi connectivity index (χ3n) is 1.90. The van der Waals surface area contributed by atoms with Crippen molar-refractivity contribution in [1.29, 1.82) is 0 Å². The molecule has 0 aliphatic carbocycles. The summed E-state index contributed by atoms with van der Waals surface area (Å²) in [5.41, 5.74) is 0. The van der Waals surface area contributed by atoms with Gasteiger partial charge in [0.15, 0.2) is 0 Å². The number of rotatable bonds is 3. The highest BCUT2D eigenvalue weighted by Gasteiger charge is 2.03. The van der Waals surface area contributed by atoms with Crippen LogP contribution in [-0.2, 0) is 13.1 Å². The Hall–Kier alpha value is -1.17. The summed E-state index contributed by atoms with van der Waals surface area (Å²) in [4.78, 5) is 4.17. The average Bonchev–Trinajstić information content (AvgIpc) is 2.76. The first-order valence-corrected chi connectivity index (χ1v) is 5.13. The summed E-state index contributed by atoms with van der Waals surface area (Å²) in [5, 5.41) is 8.25. The zero-order valence-corrected chi connectivity index (χ0v) is 9.35. The lowest BCUT2D eigenvalue weighted by molar-refractivity contribution is 0.568. The molecule has 0 radical (unpaired) electrons. The number of hydrogen-bond acceptors (Lipinski definition) is 3. The molecular weight excluding hydrogens is 246 g/mol. The maximum Gasteiger partial charge on any atom is 0.148 e. The summed E-state index contributed by atoms with van der Waals surface area (Å²) in [6.07, 6.45) is 5.23. The van der Waals surface area contributed by atoms with Gasteiger partial charge in [-0.15, -0.1) is 0 Å². The predicted octanol–water partition coefficient (Wildman–Crippen LogP) is 1.31. The van der Waals surface area contributed by atoms with Gasteiger partial charge in [-0.05, 0) is 22.9 Å². The third-order valence-corrected chi connectivity index (χ3v) is 2.31. The van der Waals surface area contributed by atoms with Gasteiger partial charge in [-0.1, -0.05) is 0 Å². The van der Waals surface area contributed by atoms with Gasteiger partial charge in [-0.25, -0.2) is 9.67 Å². The van der Waals surface area contributed by atoms with Crippen molar-refractivity contribution in [2.75, 3.05) is 0 Å². The molecule has 14 heavy (non-hydrogen) atoms. The van der Waals surface area contributed by atoms with Crippen LogP contribution in [0.4, 0.5) is 0 Å². The van der Waals surface area contributed by atoms with Crippen LogP contribution in [0.5, 0.6) is 0 Å². The second-order valence-corrected chi connectivity index (χ2v) is 3.76. The molecule has 0 aliphatic rings. The van der Waals surface area contributed by atoms with Crippen LogP contribution in [-0.4, -0.2) is 24.5 Å². The van der Waals surface area contributed by atoms with Crippen molar-refractivity contribution in [1.82, 2.24) is 24.5 Å². The molecule has 0 amide bonds. The normalized spacial score (nSPS) is 10.7. The Morgan fingerprint density at radius 2 is 2.29 bits per heavy atom. The first-order chi connectivity index (χ1) is 6.79. The topological polar surface area (TPSA) is 48.5 Å². The van der Waals surface area contributed by atoms with Gasteiger partial charge in [0.05, 0.1) is 10.7 Å². The minimum atomic E-state index is 0.652. The van der Waals surface area contributed by atoms with E-state index in [1.165, 1.54) is 0 Å². The maximum absolute atomic E-state index is 4.17. The molecule has 2 aromatic heterocycles. The van der Waals surface area contributed by atoms with E-state index in [4.69, 9.17) is 0 Å². The number of aromatic nitrogens is 5. The highest BCUT2D eigenvalue weighted by molar-refractivity contribution is 9.10. The van der Waals surface area contributed by atoms with E-state index in [0.29, 0.717) is 6.54 Å². The van der Waals surface area contributed by atoms with Crippen LogP contribution in [0.1, 0.15) is 12.7 Å². The molecule has 0 atom stereocenters. The molecule has 0 saturated carbocycles. The second kappa shape index (κ2) is 3.91. The molecule has 74 valence electrons. The number of aryl methyl sites for hydroxylation is 1. The van der Waals surface area contributed by atoms with E-state index in [1.807, 2.05) is 22.5 Å². The zero-order chi connectivity index (χ0) is 9.97. The van der Waals surface area contributed by atoms with E-state index in [0.717, 1.165) is 16.8 Å². The molecule has 6 heteroatoms. The van der Waals surface area contributed by atoms with Crippen molar-refractivity contribution in [3.63, 3.8) is 0 Å². The van der Waals surface area contributed by atoms with E-state index in [-0.39, 0.29) is 0 Å². The monoisotopic (exact) mass is 255 g/mol. The lowest BCUT2D eigenvalue weighted by Crippen LogP contribution is -2.09. The molecule has 0 saturated heterocycles. The first-order valence-electron chi connectivity index (χ1n) is 4.34. The lowest BCUT2D eigenvalue weighted by Gasteiger charge is -2.02. The van der Waals surface area contributed by atoms with Crippen LogP contribution >= 0.6 is 15.9 Å². The first kappa shape index (κ1) is 9.39. The fraction of sp³-hybridized carbons (Fsp3) is 0.375. The Labute approximate surface area is 89.9 Å². The van der Waals surface area contributed by atoms with E-state index < -0.39 is 0 Å². The summed E-state index contributed by atoms with van der Waals surface area (Å²) in [7, 11) is 0. The van der Waals surface area contributed by atoms with E-state index >= 15 is 0 Å². The van der Waals surface area contributed by atoms with Crippen molar-refractivity contribution in [3.8, 4) is 0 Å². The Bertz CT molecular complexity index is 419. The highest BCUT2D eigenvalue weighted by Crippen LogP contribution is 2.07. The largest absolute Gasteiger partial charge is 0.264 e. The molecule has 2 aromatic rings. The molecule has 0 unspecified atom stereocenters. The average molecular weight is 256 g/mol. The van der Waals surface area contributed by atoms with Crippen LogP contribution < -0.4 is 0 Å². The van der Waals surface area contributed by atoms with Gasteiger partial charge < -0.3 is 0 Å². The van der Waals surface area contributed by atoms with Crippen molar-refractivity contribution in [2.24, 2.45) is 0 Å². The molecule has 0 N–H and O–H groups in total. The van der Waals surface area contributed by atoms with Gasteiger partial charge in [0.25, 0.3) is 0 Å². The van der Waals surface area contributed by atoms with Gasteiger partial charge >= 0.3 is 0 Å². The number of nitrogens with zero attached hydrogens (tertiary/aromatic N) is 5. The zero-order valence-electron chi connectivity index (χ0n) is 7.76. The molecule has 0 spiro atoms. The van der Waals surface area contributed by atoms with Crippen molar-refractivity contribution in [3.05, 3.63) is 29.0 Å². The Morgan fingerprint density at radius 1 is 1.43 bits per heavy atom. The summed E-state index contributed by atoms with van der Waals surface area (Å²) >= 11 is 3.35. The Kier molecular flexibility index (Phi) is 2.62. The van der Waals surface area contributed by atoms with Crippen LogP contribution in [0.3, 0.4) is 0 Å². The molecular formula is C8H10BrN5. The summed E-state index contributed by atoms with van der Waals surface area (Å²) in [6, 6.07) is 0. The van der Waals surface area contributed by atoms with Gasteiger partial charge in [-0.2, -0.15) is 10.2 Å². The fourth-order valence-electron chi connectivity index (χ4n) is 1.24. The van der Waals surface area contributed by atoms with Crippen LogP contribution in [0.25, 0.3) is 0 Å². The standard InChI is InChI=1S/C8H10BrN5/c1-2-14-8(10-6-12-14)5-13-4-7(9)3-11-13/h3-4,6H,2,5H2,1H3. The van der Waals surface area contributed by atoms with Crippen molar-refractivity contribution in [2.45, 2.75) is 20.0 Å². The minimum Gasteiger partial charge on any atom is -0.264 e. The summed E-state index contributed by atoms with van der Waals surface area (Å²) in [5.74, 6) is 0.920. The van der Waals surface area contributed by atoms with E-state index in [9.17, 15) is 0 Å². The van der Waals surface area contributed by atoms with E-state index in [2.05, 4.69) is 31.1 Å². The minimum absolute atomic E-state index is 0.652. The smallest absolute Gasteiger partial charge is 0.148 e. The van der Waals surface area contributed by atoms with Gasteiger partial charge in [0.1, 0.15) is 18.7 Å². The van der Waals surface area contributed by atoms with E-state index in [1.54, 1.807) is 12.5 Å². The lowest BCUT2D eigenvalue weighted by atomic mass is 10.5. The molecule has 0 fully saturated rings. The predicted molar refractivity (Wildman–Crippen MR) is 54.7 cm³/mol. The second-order valence-electron chi connectivity index (χ2n) is 2.85. The van der Waals surface area contributed by atoms with Crippen LogP contribution in [0, 0.1) is 0 Å². The number of hydrogen-bond donors (Lipinski definition) is 0. The highest BCUT2D eigenvalue weighted by atomic mass is 79.9. The third kappa shape index (κ3) is 1.84. The summed E-state index contributed by atoms with van der Waals surface area (Å²) in [6.45, 7) is 3.52.